The summed E-state index contributed by atoms with van der Waals surface area (Å²) in [5, 5.41) is 5.78. The molecule has 0 fully saturated rings. The molecule has 0 saturated carbocycles. The molecular weight excluding hydrogens is 448 g/mol. The summed E-state index contributed by atoms with van der Waals surface area (Å²) in [6, 6.07) is 0.205. The van der Waals surface area contributed by atoms with E-state index in [2.05, 4.69) is 71.8 Å². The smallest absolute Gasteiger partial charge is 0.336 e. The molecule has 2 heterocycles. The molecule has 0 aliphatic carbocycles. The molecule has 1 atom stereocenters. The van der Waals surface area contributed by atoms with Crippen LogP contribution in [0.25, 0.3) is 5.65 Å². The second kappa shape index (κ2) is 10.3. The minimum atomic E-state index is -1.81. The molecule has 0 spiro atoms. The van der Waals surface area contributed by atoms with Crippen LogP contribution in [0.2, 0.25) is 19.5 Å². The molecule has 0 aromatic carbocycles. The van der Waals surface area contributed by atoms with Crippen LogP contribution in [-0.2, 0) is 4.43 Å². The molecule has 2 aromatic heterocycles. The Kier molecular flexibility index (Phi) is 8.04. The van der Waals surface area contributed by atoms with Crippen molar-refractivity contribution in [3.63, 3.8) is 0 Å². The molecule has 157 valence electrons. The number of halogens is 1. The van der Waals surface area contributed by atoms with Crippen LogP contribution in [0.3, 0.4) is 0 Å². The van der Waals surface area contributed by atoms with Gasteiger partial charge in [0.2, 0.25) is 0 Å². The highest BCUT2D eigenvalue weighted by molar-refractivity contribution is 9.10. The van der Waals surface area contributed by atoms with Crippen molar-refractivity contribution in [1.82, 2.24) is 19.6 Å². The van der Waals surface area contributed by atoms with Crippen LogP contribution < -0.4 is 10.0 Å². The third-order valence-corrected chi connectivity index (χ3v) is 10.3. The summed E-state index contributed by atoms with van der Waals surface area (Å²) in [4.78, 5) is 8.73. The summed E-state index contributed by atoms with van der Waals surface area (Å²) in [5.74, 6) is 0.333. The van der Waals surface area contributed by atoms with E-state index in [4.69, 9.17) is 18.3 Å². The van der Waals surface area contributed by atoms with Gasteiger partial charge in [0.1, 0.15) is 10.7 Å². The molecule has 0 aliphatic rings. The van der Waals surface area contributed by atoms with Crippen LogP contribution in [0.15, 0.2) is 10.8 Å². The van der Waals surface area contributed by atoms with E-state index < -0.39 is 8.32 Å². The Hall–Kier alpha value is -1.06. The molecule has 0 amide bonds. The molecule has 2 rings (SSSR count). The average molecular weight is 480 g/mol. The van der Waals surface area contributed by atoms with Crippen molar-refractivity contribution < 1.29 is 10.6 Å². The number of anilines is 1. The van der Waals surface area contributed by atoms with Gasteiger partial charge < -0.3 is 14.5 Å². The lowest BCUT2D eigenvalue weighted by Crippen LogP contribution is -2.41. The van der Waals surface area contributed by atoms with Crippen molar-refractivity contribution in [3.05, 3.63) is 10.8 Å². The van der Waals surface area contributed by atoms with Crippen LogP contribution in [0.5, 0.6) is 6.01 Å². The summed E-state index contributed by atoms with van der Waals surface area (Å²) >= 11 is 3.43. The van der Waals surface area contributed by atoms with Gasteiger partial charge in [-0.2, -0.15) is 9.50 Å². The maximum Gasteiger partial charge on any atom is 0.336 e. The van der Waals surface area contributed by atoms with Gasteiger partial charge in [0.15, 0.2) is 21.2 Å². The Balaban J connectivity index is 2.19. The molecule has 11 heteroatoms. The van der Waals surface area contributed by atoms with E-state index in [1.807, 2.05) is 0 Å². The lowest BCUT2D eigenvalue weighted by atomic mass is 9.56. The molecule has 2 aromatic rings. The maximum absolute atomic E-state index is 8.19. The number of ether oxygens (including phenoxy) is 1. The van der Waals surface area contributed by atoms with Crippen LogP contribution in [-0.4, -0.2) is 62.0 Å². The minimum absolute atomic E-state index is 0.0763. The molecule has 1 unspecified atom stereocenters. The molecule has 0 aliphatic heterocycles. The predicted octanol–water partition coefficient (Wildman–Crippen LogP) is 4.00. The molecular formula is C18H31B2BrN5O2Si. The monoisotopic (exact) mass is 479 g/mol. The van der Waals surface area contributed by atoms with Crippen molar-refractivity contribution in [2.24, 2.45) is 0 Å². The Morgan fingerprint density at radius 2 is 2.14 bits per heavy atom. The summed E-state index contributed by atoms with van der Waals surface area (Å²) in [6.45, 7) is 14.0. The third kappa shape index (κ3) is 6.46. The van der Waals surface area contributed by atoms with Crippen molar-refractivity contribution in [2.75, 3.05) is 18.4 Å². The van der Waals surface area contributed by atoms with E-state index >= 15 is 0 Å². The molecule has 1 N–H and O–H groups in total. The van der Waals surface area contributed by atoms with Gasteiger partial charge in [0.05, 0.1) is 13.4 Å². The highest BCUT2D eigenvalue weighted by Gasteiger charge is 2.37. The van der Waals surface area contributed by atoms with E-state index in [0.717, 1.165) is 19.3 Å². The van der Waals surface area contributed by atoms with E-state index in [1.165, 1.54) is 12.5 Å². The first-order valence-corrected chi connectivity index (χ1v) is 13.7. The summed E-state index contributed by atoms with van der Waals surface area (Å²) in [6.07, 6.45) is 4.34. The number of nitrogens with zero attached hydrogens (tertiary/aromatic N) is 4. The van der Waals surface area contributed by atoms with Gasteiger partial charge in [-0.25, -0.2) is 4.98 Å². The van der Waals surface area contributed by atoms with Crippen LogP contribution in [0.4, 0.5) is 5.82 Å². The first-order chi connectivity index (χ1) is 14.0. The Morgan fingerprint density at radius 1 is 1.41 bits per heavy atom. The fourth-order valence-electron chi connectivity index (χ4n) is 2.51. The number of rotatable bonds is 11. The second-order valence-corrected chi connectivity index (χ2v) is 14.2. The largest absolute Gasteiger partial charge is 0.459 e. The normalized spacial score (nSPS) is 14.0. The fourth-order valence-corrected chi connectivity index (χ4v) is 3.92. The predicted molar refractivity (Wildman–Crippen MR) is 126 cm³/mol. The lowest BCUT2D eigenvalue weighted by Gasteiger charge is -2.36. The first kappa shape index (κ1) is 22.6. The van der Waals surface area contributed by atoms with Gasteiger partial charge in [-0.3, -0.25) is 0 Å². The molecule has 3 radical (unpaired) electrons. The van der Waals surface area contributed by atoms with Crippen molar-refractivity contribution in [1.29, 1.82) is 0 Å². The second-order valence-electron chi connectivity index (χ2n) is 8.54. The number of nitrogens with one attached hydrogen (secondary N) is 1. The highest BCUT2D eigenvalue weighted by atomic mass is 79.9. The van der Waals surface area contributed by atoms with Crippen molar-refractivity contribution in [2.45, 2.75) is 71.2 Å². The number of aromatic nitrogens is 4. The summed E-state index contributed by atoms with van der Waals surface area (Å²) < 4.78 is 22.9. The van der Waals surface area contributed by atoms with E-state index in [0.29, 0.717) is 22.7 Å². The number of fused-ring (bicyclic) bond motifs is 1. The van der Waals surface area contributed by atoms with Gasteiger partial charge in [0, 0.05) is 20.8 Å². The van der Waals surface area contributed by atoms with Gasteiger partial charge in [-0.1, -0.05) is 34.1 Å². The number of hydrogen-bond donors (Lipinski definition) is 1. The first-order valence-electron chi connectivity index (χ1n) is 10.5. The summed E-state index contributed by atoms with van der Waals surface area (Å²) in [5.41, 5.74) is 0.458. The van der Waals surface area contributed by atoms with E-state index in [1.54, 1.807) is 10.7 Å². The number of hydrogen-bond acceptors (Lipinski definition) is 6. The van der Waals surface area contributed by atoms with E-state index in [9.17, 15) is 0 Å². The number of imidazole rings is 1. The minimum Gasteiger partial charge on any atom is -0.459 e. The van der Waals surface area contributed by atoms with Gasteiger partial charge in [-0.15, -0.1) is 5.10 Å². The third-order valence-electron chi connectivity index (χ3n) is 5.22. The lowest BCUT2D eigenvalue weighted by molar-refractivity contribution is 0.135. The average Bonchev–Trinajstić information content (AvgIpc) is 3.01. The molecule has 0 saturated heterocycles. The van der Waals surface area contributed by atoms with Gasteiger partial charge in [0.25, 0.3) is 0 Å². The zero-order valence-corrected chi connectivity index (χ0v) is 20.9. The van der Waals surface area contributed by atoms with Crippen LogP contribution >= 0.6 is 15.9 Å². The van der Waals surface area contributed by atoms with Crippen molar-refractivity contribution in [3.8, 4) is 6.01 Å². The quantitative estimate of drug-likeness (QED) is 0.491. The molecule has 0 bridgehead atoms. The standard InChI is InChI=1S/C18H31B2BrN5O2Si/c1-7-8-13(9-10-27-29(5,6)18(2,3)4)28-17-24-15(23-12-20-19)16-22-11-14(21)26(16)25-17/h11,13H,7-10,12H2,1-6H3,(H,23,24,25)/i/hD. The maximum atomic E-state index is 8.19. The fraction of sp³-hybridized carbons (Fsp3) is 0.722. The molecule has 29 heavy (non-hydrogen) atoms. The van der Waals surface area contributed by atoms with Crippen LogP contribution in [0.1, 0.15) is 47.0 Å². The zero-order valence-electron chi connectivity index (χ0n) is 19.3. The van der Waals surface area contributed by atoms with Crippen molar-refractivity contribution >= 4 is 50.6 Å². The van der Waals surface area contributed by atoms with Crippen LogP contribution in [0, 0.1) is 0 Å². The molecule has 7 nitrogen and oxygen atoms in total. The van der Waals surface area contributed by atoms with Gasteiger partial charge >= 0.3 is 6.01 Å². The van der Waals surface area contributed by atoms with Gasteiger partial charge in [-0.05, 0) is 46.9 Å². The van der Waals surface area contributed by atoms with E-state index in [-0.39, 0.29) is 23.6 Å². The summed E-state index contributed by atoms with van der Waals surface area (Å²) in [7, 11) is 5.07. The SMILES string of the molecule is [2H]N(C[B][B])c1nc(OC(CCC)CCO[Si](C)(C)C(C)(C)C)nn2c(Br)cnc12. The Bertz CT molecular complexity index is 837. The topological polar surface area (TPSA) is 73.6 Å². The Morgan fingerprint density at radius 3 is 2.76 bits per heavy atom. The highest BCUT2D eigenvalue weighted by Crippen LogP contribution is 2.36. The Labute approximate surface area is 187 Å². The zero-order chi connectivity index (χ0) is 22.5.